The van der Waals surface area contributed by atoms with Gasteiger partial charge in [0.15, 0.2) is 0 Å². The van der Waals surface area contributed by atoms with E-state index in [9.17, 15) is 9.90 Å². The van der Waals surface area contributed by atoms with Crippen molar-refractivity contribution in [2.24, 2.45) is 5.41 Å². The molecule has 0 saturated heterocycles. The third kappa shape index (κ3) is 6.93. The second-order valence-corrected chi connectivity index (χ2v) is 10.3. The minimum absolute atomic E-state index is 0.0709. The number of hydrogen-bond donors (Lipinski definition) is 1. The summed E-state index contributed by atoms with van der Waals surface area (Å²) >= 11 is 0. The summed E-state index contributed by atoms with van der Waals surface area (Å²) in [6, 6.07) is 18.2. The number of aliphatic carboxylic acids is 1. The molecule has 3 aromatic carbocycles. The number of ether oxygens (including phenoxy) is 3. The topological polar surface area (TPSA) is 65.0 Å². The second kappa shape index (κ2) is 12.9. The van der Waals surface area contributed by atoms with E-state index in [4.69, 9.17) is 14.2 Å². The summed E-state index contributed by atoms with van der Waals surface area (Å²) in [5.41, 5.74) is 3.75. The Morgan fingerprint density at radius 1 is 0.974 bits per heavy atom. The average Bonchev–Trinajstić information content (AvgIpc) is 2.91. The molecule has 3 aromatic rings. The van der Waals surface area contributed by atoms with E-state index < -0.39 is 5.97 Å². The molecule has 38 heavy (non-hydrogen) atoms. The number of halogens is 1. The summed E-state index contributed by atoms with van der Waals surface area (Å²) in [7, 11) is 3.25. The molecule has 6 heteroatoms. The molecule has 0 radical (unpaired) electrons. The van der Waals surface area contributed by atoms with E-state index in [0.29, 0.717) is 23.7 Å². The molecular formula is C32H39FO5. The number of carboxylic acid groups (broad SMARTS) is 1. The molecule has 0 unspecified atom stereocenters. The third-order valence-electron chi connectivity index (χ3n) is 7.37. The standard InChI is InChI=1S/C32H39FO5/c1-7-22(18-30(34)35)23-10-9-11-25(17-23)38-20-21-12-14-26(27-19-24(36-5)13-15-29(27)33)28(16-21)31(37-6)32(3,4)8-2/h9-17,19,22,31H,7-8,18,20H2,1-6H3,(H,34,35)/t22-,31+/m0/s1. The van der Waals surface area contributed by atoms with E-state index in [2.05, 4.69) is 20.8 Å². The Bertz CT molecular complexity index is 1240. The molecule has 0 spiro atoms. The van der Waals surface area contributed by atoms with Crippen LogP contribution in [0.2, 0.25) is 0 Å². The molecular weight excluding hydrogens is 483 g/mol. The van der Waals surface area contributed by atoms with Crippen molar-refractivity contribution in [3.8, 4) is 22.6 Å². The largest absolute Gasteiger partial charge is 0.497 e. The summed E-state index contributed by atoms with van der Waals surface area (Å²) in [6.45, 7) is 8.69. The van der Waals surface area contributed by atoms with Crippen LogP contribution in [0.3, 0.4) is 0 Å². The lowest BCUT2D eigenvalue weighted by atomic mass is 9.77. The van der Waals surface area contributed by atoms with Gasteiger partial charge in [0, 0.05) is 12.7 Å². The van der Waals surface area contributed by atoms with Gasteiger partial charge in [-0.15, -0.1) is 0 Å². The summed E-state index contributed by atoms with van der Waals surface area (Å²) in [4.78, 5) is 11.3. The van der Waals surface area contributed by atoms with Gasteiger partial charge < -0.3 is 19.3 Å². The number of carboxylic acids is 1. The second-order valence-electron chi connectivity index (χ2n) is 10.3. The molecule has 0 heterocycles. The van der Waals surface area contributed by atoms with Crippen LogP contribution in [-0.4, -0.2) is 25.3 Å². The Morgan fingerprint density at radius 3 is 2.37 bits per heavy atom. The number of methoxy groups -OCH3 is 2. The predicted octanol–water partition coefficient (Wildman–Crippen LogP) is 8.17. The average molecular weight is 523 g/mol. The fourth-order valence-electron chi connectivity index (χ4n) is 4.79. The smallest absolute Gasteiger partial charge is 0.303 e. The normalized spacial score (nSPS) is 13.1. The van der Waals surface area contributed by atoms with Crippen LogP contribution >= 0.6 is 0 Å². The van der Waals surface area contributed by atoms with Crippen LogP contribution in [0.5, 0.6) is 11.5 Å². The minimum atomic E-state index is -0.814. The summed E-state index contributed by atoms with van der Waals surface area (Å²) in [5.74, 6) is 0.0397. The molecule has 0 aliphatic rings. The quantitative estimate of drug-likeness (QED) is 0.245. The summed E-state index contributed by atoms with van der Waals surface area (Å²) in [6.07, 6.45) is 1.40. The van der Waals surface area contributed by atoms with E-state index in [-0.39, 0.29) is 29.7 Å². The van der Waals surface area contributed by atoms with Gasteiger partial charge in [-0.3, -0.25) is 4.79 Å². The highest BCUT2D eigenvalue weighted by Gasteiger charge is 2.32. The van der Waals surface area contributed by atoms with Gasteiger partial charge in [0.1, 0.15) is 23.9 Å². The van der Waals surface area contributed by atoms with E-state index >= 15 is 4.39 Å². The predicted molar refractivity (Wildman–Crippen MR) is 148 cm³/mol. The molecule has 0 saturated carbocycles. The first-order valence-electron chi connectivity index (χ1n) is 13.1. The first-order valence-corrected chi connectivity index (χ1v) is 13.1. The molecule has 204 valence electrons. The Morgan fingerprint density at radius 2 is 1.74 bits per heavy atom. The van der Waals surface area contributed by atoms with Crippen LogP contribution in [0.25, 0.3) is 11.1 Å². The Kier molecular flexibility index (Phi) is 9.92. The fraction of sp³-hybridized carbons (Fsp3) is 0.406. The SMILES string of the molecule is CC[C@@H](CC(=O)O)c1cccc(OCc2ccc(-c3cc(OC)ccc3F)c([C@@H](OC)C(C)(C)CC)c2)c1. The highest BCUT2D eigenvalue weighted by molar-refractivity contribution is 5.71. The first-order chi connectivity index (χ1) is 18.1. The van der Waals surface area contributed by atoms with Crippen molar-refractivity contribution in [1.29, 1.82) is 0 Å². The Hall–Kier alpha value is -3.38. The van der Waals surface area contributed by atoms with Gasteiger partial charge in [0.25, 0.3) is 0 Å². The van der Waals surface area contributed by atoms with Crippen molar-refractivity contribution in [3.63, 3.8) is 0 Å². The minimum Gasteiger partial charge on any atom is -0.497 e. The number of benzene rings is 3. The molecule has 0 aliphatic carbocycles. The molecule has 0 amide bonds. The molecule has 2 atom stereocenters. The van der Waals surface area contributed by atoms with Crippen LogP contribution < -0.4 is 9.47 Å². The van der Waals surface area contributed by atoms with Crippen LogP contribution in [0.15, 0.2) is 60.7 Å². The highest BCUT2D eigenvalue weighted by atomic mass is 19.1. The lowest BCUT2D eigenvalue weighted by Gasteiger charge is -2.34. The maximum Gasteiger partial charge on any atom is 0.303 e. The van der Waals surface area contributed by atoms with E-state index in [0.717, 1.165) is 35.1 Å². The Labute approximate surface area is 225 Å². The van der Waals surface area contributed by atoms with E-state index in [1.54, 1.807) is 26.4 Å². The molecule has 5 nitrogen and oxygen atoms in total. The lowest BCUT2D eigenvalue weighted by molar-refractivity contribution is -0.137. The van der Waals surface area contributed by atoms with E-state index in [1.807, 2.05) is 49.4 Å². The fourth-order valence-corrected chi connectivity index (χ4v) is 4.79. The van der Waals surface area contributed by atoms with Crippen molar-refractivity contribution < 1.29 is 28.5 Å². The number of rotatable bonds is 13. The van der Waals surface area contributed by atoms with Crippen molar-refractivity contribution in [2.75, 3.05) is 14.2 Å². The highest BCUT2D eigenvalue weighted by Crippen LogP contribution is 2.44. The first kappa shape index (κ1) is 29.2. The van der Waals surface area contributed by atoms with Gasteiger partial charge in [0.05, 0.1) is 19.6 Å². The lowest BCUT2D eigenvalue weighted by Crippen LogP contribution is -2.24. The van der Waals surface area contributed by atoms with Gasteiger partial charge >= 0.3 is 5.97 Å². The molecule has 0 bridgehead atoms. The number of carbonyl (C=O) groups is 1. The zero-order valence-electron chi connectivity index (χ0n) is 23.2. The van der Waals surface area contributed by atoms with Crippen molar-refractivity contribution >= 4 is 5.97 Å². The molecule has 3 rings (SSSR count). The van der Waals surface area contributed by atoms with Crippen LogP contribution in [0, 0.1) is 11.2 Å². The van der Waals surface area contributed by atoms with Crippen LogP contribution in [0.4, 0.5) is 4.39 Å². The Balaban J connectivity index is 1.98. The van der Waals surface area contributed by atoms with Crippen LogP contribution in [0.1, 0.15) is 75.7 Å². The third-order valence-corrected chi connectivity index (χ3v) is 7.37. The molecule has 0 aliphatic heterocycles. The zero-order valence-corrected chi connectivity index (χ0v) is 23.2. The summed E-state index contributed by atoms with van der Waals surface area (Å²) in [5, 5.41) is 9.24. The van der Waals surface area contributed by atoms with Gasteiger partial charge in [-0.1, -0.05) is 52.0 Å². The van der Waals surface area contributed by atoms with Crippen LogP contribution in [-0.2, 0) is 16.1 Å². The van der Waals surface area contributed by atoms with E-state index in [1.165, 1.54) is 6.07 Å². The molecule has 0 aromatic heterocycles. The van der Waals surface area contributed by atoms with Gasteiger partial charge in [-0.25, -0.2) is 4.39 Å². The molecule has 1 N–H and O–H groups in total. The maximum atomic E-state index is 15.0. The number of hydrogen-bond acceptors (Lipinski definition) is 4. The summed E-state index contributed by atoms with van der Waals surface area (Å²) < 4.78 is 32.6. The van der Waals surface area contributed by atoms with Gasteiger partial charge in [0.2, 0.25) is 0 Å². The van der Waals surface area contributed by atoms with Crippen molar-refractivity contribution in [1.82, 2.24) is 0 Å². The van der Waals surface area contributed by atoms with Crippen molar-refractivity contribution in [3.05, 3.63) is 83.2 Å². The monoisotopic (exact) mass is 522 g/mol. The maximum absolute atomic E-state index is 15.0. The zero-order chi connectivity index (χ0) is 27.9. The van der Waals surface area contributed by atoms with Gasteiger partial charge in [-0.2, -0.15) is 0 Å². The van der Waals surface area contributed by atoms with Crippen molar-refractivity contribution in [2.45, 2.75) is 65.6 Å². The van der Waals surface area contributed by atoms with Gasteiger partial charge in [-0.05, 0) is 82.8 Å². The molecule has 0 fully saturated rings.